The highest BCUT2D eigenvalue weighted by Gasteiger charge is 2.23. The molecule has 0 aromatic heterocycles. The first-order chi connectivity index (χ1) is 9.20. The summed E-state index contributed by atoms with van der Waals surface area (Å²) in [6.45, 7) is 2.45. The molecule has 0 radical (unpaired) electrons. The lowest BCUT2D eigenvalue weighted by Crippen LogP contribution is -2.35. The second-order valence-electron chi connectivity index (χ2n) is 5.37. The third-order valence-corrected chi connectivity index (χ3v) is 4.04. The van der Waals surface area contributed by atoms with Crippen LogP contribution in [0.3, 0.4) is 0 Å². The smallest absolute Gasteiger partial charge is 0.251 e. The van der Waals surface area contributed by atoms with Crippen molar-refractivity contribution in [1.82, 2.24) is 5.32 Å². The highest BCUT2D eigenvalue weighted by atomic mass is 16.3. The number of rotatable bonds is 5. The van der Waals surface area contributed by atoms with E-state index in [-0.39, 0.29) is 5.91 Å². The topological polar surface area (TPSA) is 49.3 Å². The zero-order valence-electron chi connectivity index (χ0n) is 11.6. The summed E-state index contributed by atoms with van der Waals surface area (Å²) >= 11 is 0. The Morgan fingerprint density at radius 3 is 2.53 bits per heavy atom. The minimum Gasteiger partial charge on any atom is -0.391 e. The van der Waals surface area contributed by atoms with Gasteiger partial charge in [0, 0.05) is 12.1 Å². The van der Waals surface area contributed by atoms with Gasteiger partial charge in [-0.25, -0.2) is 0 Å². The molecule has 1 saturated carbocycles. The summed E-state index contributed by atoms with van der Waals surface area (Å²) in [5.74, 6) is 0.266. The SMILES string of the molecule is CCc1ccc(C(=O)NCC(O)C2CCCC2)cc1. The number of hydrogen-bond acceptors (Lipinski definition) is 2. The number of amides is 1. The van der Waals surface area contributed by atoms with Crippen molar-refractivity contribution in [3.63, 3.8) is 0 Å². The lowest BCUT2D eigenvalue weighted by atomic mass is 10.0. The zero-order chi connectivity index (χ0) is 13.7. The number of aliphatic hydroxyl groups excluding tert-OH is 1. The van der Waals surface area contributed by atoms with Crippen LogP contribution in [0.25, 0.3) is 0 Å². The van der Waals surface area contributed by atoms with Crippen LogP contribution < -0.4 is 5.32 Å². The van der Waals surface area contributed by atoms with Crippen molar-refractivity contribution >= 4 is 5.91 Å². The second kappa shape index (κ2) is 6.71. The van der Waals surface area contributed by atoms with Crippen LogP contribution in [-0.2, 0) is 6.42 Å². The van der Waals surface area contributed by atoms with Crippen LogP contribution in [0, 0.1) is 5.92 Å². The maximum Gasteiger partial charge on any atom is 0.251 e. The average molecular weight is 261 g/mol. The first-order valence-corrected chi connectivity index (χ1v) is 7.26. The Morgan fingerprint density at radius 1 is 1.32 bits per heavy atom. The van der Waals surface area contributed by atoms with E-state index in [2.05, 4.69) is 12.2 Å². The van der Waals surface area contributed by atoms with Crippen molar-refractivity contribution in [2.45, 2.75) is 45.1 Å². The molecular weight excluding hydrogens is 238 g/mol. The van der Waals surface area contributed by atoms with E-state index in [0.717, 1.165) is 19.3 Å². The van der Waals surface area contributed by atoms with Gasteiger partial charge in [-0.3, -0.25) is 4.79 Å². The molecule has 3 nitrogen and oxygen atoms in total. The fraction of sp³-hybridized carbons (Fsp3) is 0.562. The number of benzene rings is 1. The van der Waals surface area contributed by atoms with E-state index in [0.29, 0.717) is 18.0 Å². The molecule has 104 valence electrons. The molecule has 19 heavy (non-hydrogen) atoms. The van der Waals surface area contributed by atoms with Gasteiger partial charge in [0.1, 0.15) is 0 Å². The summed E-state index contributed by atoms with van der Waals surface area (Å²) in [5.41, 5.74) is 1.89. The largest absolute Gasteiger partial charge is 0.391 e. The Hall–Kier alpha value is -1.35. The number of carbonyl (C=O) groups is 1. The van der Waals surface area contributed by atoms with Crippen molar-refractivity contribution in [2.24, 2.45) is 5.92 Å². The van der Waals surface area contributed by atoms with E-state index in [1.807, 2.05) is 24.3 Å². The summed E-state index contributed by atoms with van der Waals surface area (Å²) in [4.78, 5) is 11.9. The normalized spacial score (nSPS) is 17.4. The van der Waals surface area contributed by atoms with Gasteiger partial charge in [-0.1, -0.05) is 31.9 Å². The quantitative estimate of drug-likeness (QED) is 0.855. The fourth-order valence-electron chi connectivity index (χ4n) is 2.70. The van der Waals surface area contributed by atoms with E-state index in [1.165, 1.54) is 18.4 Å². The van der Waals surface area contributed by atoms with Crippen molar-refractivity contribution in [3.05, 3.63) is 35.4 Å². The highest BCUT2D eigenvalue weighted by Crippen LogP contribution is 2.27. The Balaban J connectivity index is 1.82. The van der Waals surface area contributed by atoms with Gasteiger partial charge in [0.2, 0.25) is 0 Å². The monoisotopic (exact) mass is 261 g/mol. The van der Waals surface area contributed by atoms with Crippen LogP contribution in [0.15, 0.2) is 24.3 Å². The molecule has 1 atom stereocenters. The van der Waals surface area contributed by atoms with E-state index in [4.69, 9.17) is 0 Å². The van der Waals surface area contributed by atoms with E-state index < -0.39 is 6.10 Å². The van der Waals surface area contributed by atoms with Gasteiger partial charge in [0.15, 0.2) is 0 Å². The fourth-order valence-corrected chi connectivity index (χ4v) is 2.70. The van der Waals surface area contributed by atoms with Gasteiger partial charge < -0.3 is 10.4 Å². The Bertz CT molecular complexity index is 407. The molecule has 2 N–H and O–H groups in total. The third-order valence-electron chi connectivity index (χ3n) is 4.04. The predicted octanol–water partition coefficient (Wildman–Crippen LogP) is 2.53. The highest BCUT2D eigenvalue weighted by molar-refractivity contribution is 5.94. The minimum absolute atomic E-state index is 0.0975. The van der Waals surface area contributed by atoms with Crippen molar-refractivity contribution < 1.29 is 9.90 Å². The summed E-state index contributed by atoms with van der Waals surface area (Å²) in [7, 11) is 0. The predicted molar refractivity (Wildman–Crippen MR) is 76.1 cm³/mol. The van der Waals surface area contributed by atoms with Crippen molar-refractivity contribution in [2.75, 3.05) is 6.54 Å². The van der Waals surface area contributed by atoms with Gasteiger partial charge in [0.25, 0.3) is 5.91 Å². The summed E-state index contributed by atoms with van der Waals surface area (Å²) in [5, 5.41) is 12.8. The lowest BCUT2D eigenvalue weighted by Gasteiger charge is -2.18. The molecule has 1 aliphatic carbocycles. The molecule has 1 aromatic rings. The Kier molecular flexibility index (Phi) is 4.97. The molecule has 0 aliphatic heterocycles. The second-order valence-corrected chi connectivity index (χ2v) is 5.37. The molecule has 1 amide bonds. The standard InChI is InChI=1S/C16H23NO2/c1-2-12-7-9-14(10-8-12)16(19)17-11-15(18)13-5-3-4-6-13/h7-10,13,15,18H,2-6,11H2,1H3,(H,17,19). The molecule has 1 aromatic carbocycles. The zero-order valence-corrected chi connectivity index (χ0v) is 11.6. The molecule has 0 bridgehead atoms. The van der Waals surface area contributed by atoms with Gasteiger partial charge in [0.05, 0.1) is 6.10 Å². The number of aliphatic hydroxyl groups is 1. The summed E-state index contributed by atoms with van der Waals surface area (Å²) in [6.07, 6.45) is 5.15. The van der Waals surface area contributed by atoms with Crippen molar-refractivity contribution in [3.8, 4) is 0 Å². The van der Waals surface area contributed by atoms with Gasteiger partial charge in [-0.15, -0.1) is 0 Å². The van der Waals surface area contributed by atoms with E-state index >= 15 is 0 Å². The van der Waals surface area contributed by atoms with Gasteiger partial charge >= 0.3 is 0 Å². The molecule has 3 heteroatoms. The molecule has 0 saturated heterocycles. The first-order valence-electron chi connectivity index (χ1n) is 7.26. The molecule has 0 spiro atoms. The number of aryl methyl sites for hydroxylation is 1. The number of carbonyl (C=O) groups excluding carboxylic acids is 1. The molecule has 1 aliphatic rings. The van der Waals surface area contributed by atoms with Crippen LogP contribution in [0.2, 0.25) is 0 Å². The maximum atomic E-state index is 11.9. The van der Waals surface area contributed by atoms with Crippen LogP contribution in [0.5, 0.6) is 0 Å². The van der Waals surface area contributed by atoms with Gasteiger partial charge in [-0.2, -0.15) is 0 Å². The minimum atomic E-state index is -0.402. The number of hydrogen-bond donors (Lipinski definition) is 2. The maximum absolute atomic E-state index is 11.9. The first kappa shape index (κ1) is 14.1. The van der Waals surface area contributed by atoms with E-state index in [1.54, 1.807) is 0 Å². The molecule has 0 heterocycles. The molecular formula is C16H23NO2. The third kappa shape index (κ3) is 3.80. The summed E-state index contributed by atoms with van der Waals surface area (Å²) < 4.78 is 0. The number of nitrogens with one attached hydrogen (secondary N) is 1. The summed E-state index contributed by atoms with van der Waals surface area (Å²) in [6, 6.07) is 7.64. The van der Waals surface area contributed by atoms with Crippen LogP contribution >= 0.6 is 0 Å². The van der Waals surface area contributed by atoms with Crippen molar-refractivity contribution in [1.29, 1.82) is 0 Å². The van der Waals surface area contributed by atoms with Crippen LogP contribution in [-0.4, -0.2) is 23.7 Å². The average Bonchev–Trinajstić information content (AvgIpc) is 2.98. The van der Waals surface area contributed by atoms with Crippen LogP contribution in [0.4, 0.5) is 0 Å². The lowest BCUT2D eigenvalue weighted by molar-refractivity contribution is 0.0840. The van der Waals surface area contributed by atoms with Crippen LogP contribution in [0.1, 0.15) is 48.5 Å². The Morgan fingerprint density at radius 2 is 1.95 bits per heavy atom. The molecule has 1 unspecified atom stereocenters. The molecule has 2 rings (SSSR count). The van der Waals surface area contributed by atoms with Gasteiger partial charge in [-0.05, 0) is 42.9 Å². The van der Waals surface area contributed by atoms with E-state index in [9.17, 15) is 9.90 Å². The Labute approximate surface area is 115 Å². The molecule has 1 fully saturated rings.